The topological polar surface area (TPSA) is 78.4 Å². The number of benzene rings is 2. The van der Waals surface area contributed by atoms with Crippen LogP contribution in [0.4, 0.5) is 5.82 Å². The van der Waals surface area contributed by atoms with E-state index in [2.05, 4.69) is 39.5 Å². The van der Waals surface area contributed by atoms with Crippen molar-refractivity contribution < 1.29 is 12.8 Å². The molecule has 1 atom stereocenters. The number of nitrogens with zero attached hydrogens (tertiary/aromatic N) is 3. The minimum Gasteiger partial charge on any atom is -0.392 e. The second-order valence-corrected chi connectivity index (χ2v) is 8.79. The molecule has 0 amide bonds. The van der Waals surface area contributed by atoms with Gasteiger partial charge in [0.25, 0.3) is 0 Å². The SMILES string of the molecule is Cc1ncc(-c2cccc(CO)c2)cc1C(=O)c1cccc(N2CCNC(c3ccccc3)C2)n1.[HH].[HH]. The predicted octanol–water partition coefficient (Wildman–Crippen LogP) is 4.82. The molecule has 1 aliphatic rings. The fourth-order valence-corrected chi connectivity index (χ4v) is 4.50. The van der Waals surface area contributed by atoms with Crippen LogP contribution in [0.25, 0.3) is 11.1 Å². The second-order valence-electron chi connectivity index (χ2n) is 8.79. The van der Waals surface area contributed by atoms with Crippen LogP contribution in [0.3, 0.4) is 0 Å². The van der Waals surface area contributed by atoms with E-state index in [9.17, 15) is 9.90 Å². The third-order valence-electron chi connectivity index (χ3n) is 6.44. The van der Waals surface area contributed by atoms with Crippen LogP contribution in [0, 0.1) is 6.92 Å². The van der Waals surface area contributed by atoms with E-state index in [1.54, 1.807) is 12.3 Å². The summed E-state index contributed by atoms with van der Waals surface area (Å²) in [5.41, 5.74) is 5.40. The number of aryl methyl sites for hydroxylation is 1. The van der Waals surface area contributed by atoms with Crippen LogP contribution in [0.2, 0.25) is 0 Å². The Labute approximate surface area is 208 Å². The Kier molecular flexibility index (Phi) is 6.66. The van der Waals surface area contributed by atoms with Gasteiger partial charge < -0.3 is 15.3 Å². The van der Waals surface area contributed by atoms with Crippen molar-refractivity contribution in [3.05, 3.63) is 113 Å². The second kappa shape index (κ2) is 10.2. The molecular formula is C29H32N4O2. The molecule has 6 nitrogen and oxygen atoms in total. The van der Waals surface area contributed by atoms with E-state index in [1.807, 2.05) is 55.5 Å². The zero-order valence-corrected chi connectivity index (χ0v) is 19.7. The van der Waals surface area contributed by atoms with Crippen molar-refractivity contribution >= 4 is 11.6 Å². The molecule has 5 rings (SSSR count). The van der Waals surface area contributed by atoms with Crippen molar-refractivity contribution in [1.29, 1.82) is 0 Å². The molecule has 0 radical (unpaired) electrons. The summed E-state index contributed by atoms with van der Waals surface area (Å²) in [6, 6.07) is 25.7. The van der Waals surface area contributed by atoms with Crippen LogP contribution in [0.5, 0.6) is 0 Å². The van der Waals surface area contributed by atoms with Gasteiger partial charge in [0.1, 0.15) is 11.5 Å². The van der Waals surface area contributed by atoms with Gasteiger partial charge >= 0.3 is 0 Å². The molecule has 0 bridgehead atoms. The Morgan fingerprint density at radius 2 is 1.89 bits per heavy atom. The molecule has 1 unspecified atom stereocenters. The number of pyridine rings is 2. The maximum atomic E-state index is 13.5. The number of hydrogen-bond acceptors (Lipinski definition) is 6. The third kappa shape index (κ3) is 4.99. The van der Waals surface area contributed by atoms with E-state index in [1.165, 1.54) is 5.56 Å². The number of anilines is 1. The molecule has 0 spiro atoms. The summed E-state index contributed by atoms with van der Waals surface area (Å²) >= 11 is 0. The molecule has 6 heteroatoms. The molecule has 0 saturated carbocycles. The van der Waals surface area contributed by atoms with Crippen molar-refractivity contribution in [2.24, 2.45) is 0 Å². The summed E-state index contributed by atoms with van der Waals surface area (Å²) < 4.78 is 0. The summed E-state index contributed by atoms with van der Waals surface area (Å²) in [4.78, 5) is 25.0. The van der Waals surface area contributed by atoms with Crippen molar-refractivity contribution in [2.75, 3.05) is 24.5 Å². The van der Waals surface area contributed by atoms with Gasteiger partial charge in [-0.05, 0) is 47.9 Å². The van der Waals surface area contributed by atoms with E-state index >= 15 is 0 Å². The molecule has 1 fully saturated rings. The van der Waals surface area contributed by atoms with E-state index in [4.69, 9.17) is 4.98 Å². The number of aliphatic hydroxyl groups is 1. The van der Waals surface area contributed by atoms with Crippen LogP contribution in [-0.4, -0.2) is 40.5 Å². The highest BCUT2D eigenvalue weighted by atomic mass is 16.3. The predicted molar refractivity (Wildman–Crippen MR) is 142 cm³/mol. The number of piperazine rings is 1. The molecule has 180 valence electrons. The molecule has 35 heavy (non-hydrogen) atoms. The van der Waals surface area contributed by atoms with Gasteiger partial charge in [0, 0.05) is 51.5 Å². The molecule has 2 aromatic carbocycles. The number of carbonyl (C=O) groups excluding carboxylic acids is 1. The maximum absolute atomic E-state index is 13.5. The van der Waals surface area contributed by atoms with Crippen LogP contribution in [0.15, 0.2) is 85.1 Å². The van der Waals surface area contributed by atoms with Gasteiger partial charge in [0.15, 0.2) is 0 Å². The number of rotatable bonds is 6. The summed E-state index contributed by atoms with van der Waals surface area (Å²) in [7, 11) is 0. The lowest BCUT2D eigenvalue weighted by molar-refractivity contribution is 0.103. The monoisotopic (exact) mass is 468 g/mol. The largest absolute Gasteiger partial charge is 0.392 e. The first-order valence-corrected chi connectivity index (χ1v) is 11.8. The zero-order chi connectivity index (χ0) is 24.2. The van der Waals surface area contributed by atoms with E-state index in [-0.39, 0.29) is 21.3 Å². The number of hydrogen-bond donors (Lipinski definition) is 2. The van der Waals surface area contributed by atoms with Crippen molar-refractivity contribution in [3.8, 4) is 11.1 Å². The molecule has 4 aromatic rings. The molecule has 0 aliphatic carbocycles. The highest BCUT2D eigenvalue weighted by Crippen LogP contribution is 2.25. The summed E-state index contributed by atoms with van der Waals surface area (Å²) in [6.45, 7) is 4.26. The van der Waals surface area contributed by atoms with Crippen molar-refractivity contribution in [1.82, 2.24) is 15.3 Å². The Morgan fingerprint density at radius 3 is 2.71 bits per heavy atom. The third-order valence-corrected chi connectivity index (χ3v) is 6.44. The van der Waals surface area contributed by atoms with Crippen molar-refractivity contribution in [2.45, 2.75) is 19.6 Å². The average Bonchev–Trinajstić information content (AvgIpc) is 2.93. The Balaban J connectivity index is 0.00000190. The Morgan fingerprint density at radius 1 is 1.06 bits per heavy atom. The van der Waals surface area contributed by atoms with Gasteiger partial charge in [-0.1, -0.05) is 54.6 Å². The highest BCUT2D eigenvalue weighted by Gasteiger charge is 2.23. The van der Waals surface area contributed by atoms with Gasteiger partial charge in [0.05, 0.1) is 6.61 Å². The minimum absolute atomic E-state index is 0. The van der Waals surface area contributed by atoms with Gasteiger partial charge in [-0.25, -0.2) is 4.98 Å². The number of nitrogens with one attached hydrogen (secondary N) is 1. The highest BCUT2D eigenvalue weighted by molar-refractivity contribution is 6.09. The number of aromatic nitrogens is 2. The minimum atomic E-state index is -0.147. The van der Waals surface area contributed by atoms with Crippen LogP contribution in [-0.2, 0) is 6.61 Å². The number of carbonyl (C=O) groups is 1. The first-order valence-electron chi connectivity index (χ1n) is 11.8. The lowest BCUT2D eigenvalue weighted by atomic mass is 9.99. The molecule has 2 aromatic heterocycles. The summed E-state index contributed by atoms with van der Waals surface area (Å²) in [6.07, 6.45) is 1.76. The molecule has 1 saturated heterocycles. The molecular weight excluding hydrogens is 436 g/mol. The van der Waals surface area contributed by atoms with Crippen LogP contribution < -0.4 is 10.2 Å². The smallest absolute Gasteiger partial charge is 0.213 e. The summed E-state index contributed by atoms with van der Waals surface area (Å²) in [5, 5.41) is 13.0. The molecule has 1 aliphatic heterocycles. The van der Waals surface area contributed by atoms with Crippen molar-refractivity contribution in [3.63, 3.8) is 0 Å². The van der Waals surface area contributed by atoms with E-state index < -0.39 is 0 Å². The van der Waals surface area contributed by atoms with Gasteiger partial charge in [-0.15, -0.1) is 0 Å². The zero-order valence-electron chi connectivity index (χ0n) is 19.7. The standard InChI is InChI=1S/C29H28N4O2.2H2/c1-20-25(16-24(17-31-20)23-10-5-7-21(15-23)19-34)29(35)26-11-6-12-28(32-26)33-14-13-30-27(18-33)22-8-3-2-4-9-22;;/h2-12,15-17,27,30,34H,13-14,18-19H2,1H3;2*1H. The Hall–Kier alpha value is -3.87. The van der Waals surface area contributed by atoms with E-state index in [0.717, 1.165) is 42.1 Å². The molecule has 2 N–H and O–H groups in total. The molecule has 3 heterocycles. The normalized spacial score (nSPS) is 15.7. The van der Waals surface area contributed by atoms with Gasteiger partial charge in [-0.3, -0.25) is 9.78 Å². The van der Waals surface area contributed by atoms with Gasteiger partial charge in [0.2, 0.25) is 5.78 Å². The Bertz CT molecular complexity index is 1350. The lowest BCUT2D eigenvalue weighted by Crippen LogP contribution is -2.46. The van der Waals surface area contributed by atoms with Crippen LogP contribution in [0.1, 0.15) is 41.8 Å². The summed E-state index contributed by atoms with van der Waals surface area (Å²) in [5.74, 6) is 0.655. The lowest BCUT2D eigenvalue weighted by Gasteiger charge is -2.35. The maximum Gasteiger partial charge on any atom is 0.213 e. The van der Waals surface area contributed by atoms with Crippen LogP contribution >= 0.6 is 0 Å². The number of aliphatic hydroxyl groups excluding tert-OH is 1. The fourth-order valence-electron chi connectivity index (χ4n) is 4.50. The van der Waals surface area contributed by atoms with Gasteiger partial charge in [-0.2, -0.15) is 0 Å². The first kappa shape index (κ1) is 22.9. The quantitative estimate of drug-likeness (QED) is 0.395. The van der Waals surface area contributed by atoms with E-state index in [0.29, 0.717) is 17.0 Å². The average molecular weight is 469 g/mol. The first-order chi connectivity index (χ1) is 17.1. The fraction of sp³-hybridized carbons (Fsp3) is 0.207. The number of ketones is 1.